The van der Waals surface area contributed by atoms with Crippen LogP contribution < -0.4 is 17.2 Å². The van der Waals surface area contributed by atoms with Crippen LogP contribution in [-0.2, 0) is 9.53 Å². The molecule has 8 N–H and O–H groups in total. The summed E-state index contributed by atoms with van der Waals surface area (Å²) in [7, 11) is 0. The van der Waals surface area contributed by atoms with Gasteiger partial charge in [0.15, 0.2) is 0 Å². The maximum absolute atomic E-state index is 11.5. The summed E-state index contributed by atoms with van der Waals surface area (Å²) >= 11 is 0. The Morgan fingerprint density at radius 2 is 1.60 bits per heavy atom. The van der Waals surface area contributed by atoms with Crippen LogP contribution in [0.1, 0.15) is 20.8 Å². The molecule has 90 valence electrons. The Kier molecular flexibility index (Phi) is 4.20. The van der Waals surface area contributed by atoms with Crippen molar-refractivity contribution in [3.05, 3.63) is 0 Å². The number of nitrogens with two attached hydrogens (primary N) is 3. The molecule has 7 heteroatoms. The second-order valence-electron chi connectivity index (χ2n) is 4.03. The normalized spacial score (nSPS) is 23.5. The van der Waals surface area contributed by atoms with Crippen molar-refractivity contribution < 1.29 is 19.7 Å². The molecule has 0 aliphatic rings. The quantitative estimate of drug-likeness (QED) is 0.267. The highest BCUT2D eigenvalue weighted by Crippen LogP contribution is 2.22. The average molecular weight is 221 g/mol. The minimum atomic E-state index is -2.00. The standard InChI is InChI=1S/C8H19N3O4/c1-4(9)15-6(12)5(7(2,10)13)8(3,11)14/h4-5,13-14H,9-11H2,1-3H3. The molecular weight excluding hydrogens is 202 g/mol. The molecule has 0 aromatic rings. The van der Waals surface area contributed by atoms with Crippen molar-refractivity contribution >= 4 is 5.97 Å². The van der Waals surface area contributed by atoms with E-state index in [9.17, 15) is 15.0 Å². The first-order valence-electron chi connectivity index (χ1n) is 4.45. The first-order chi connectivity index (χ1) is 6.46. The average Bonchev–Trinajstić information content (AvgIpc) is 1.74. The van der Waals surface area contributed by atoms with Crippen LogP contribution in [0.15, 0.2) is 0 Å². The number of rotatable bonds is 4. The molecule has 0 radical (unpaired) electrons. The molecule has 0 spiro atoms. The highest BCUT2D eigenvalue weighted by atomic mass is 16.6. The zero-order chi connectivity index (χ0) is 12.4. The van der Waals surface area contributed by atoms with Crippen molar-refractivity contribution in [2.24, 2.45) is 23.1 Å². The number of hydrogen-bond acceptors (Lipinski definition) is 7. The molecule has 3 atom stereocenters. The van der Waals surface area contributed by atoms with Gasteiger partial charge in [0.1, 0.15) is 23.6 Å². The minimum Gasteiger partial charge on any atom is -0.447 e. The third kappa shape index (κ3) is 4.54. The zero-order valence-electron chi connectivity index (χ0n) is 9.10. The Labute approximate surface area is 88.2 Å². The zero-order valence-corrected chi connectivity index (χ0v) is 9.10. The lowest BCUT2D eigenvalue weighted by Crippen LogP contribution is -2.62. The molecule has 0 fully saturated rings. The maximum atomic E-state index is 11.5. The van der Waals surface area contributed by atoms with Crippen molar-refractivity contribution in [3.8, 4) is 0 Å². The van der Waals surface area contributed by atoms with E-state index in [0.29, 0.717) is 0 Å². The van der Waals surface area contributed by atoms with Crippen LogP contribution in [0.3, 0.4) is 0 Å². The van der Waals surface area contributed by atoms with Crippen LogP contribution in [0.25, 0.3) is 0 Å². The monoisotopic (exact) mass is 221 g/mol. The highest BCUT2D eigenvalue weighted by molar-refractivity contribution is 5.75. The Balaban J connectivity index is 4.90. The number of aliphatic hydroxyl groups is 2. The van der Waals surface area contributed by atoms with Crippen molar-refractivity contribution in [2.45, 2.75) is 38.4 Å². The summed E-state index contributed by atoms with van der Waals surface area (Å²) in [5.74, 6) is -2.44. The lowest BCUT2D eigenvalue weighted by molar-refractivity contribution is -0.179. The summed E-state index contributed by atoms with van der Waals surface area (Å²) in [5, 5.41) is 19.0. The SMILES string of the molecule is CC(N)OC(=O)C(C(C)(N)O)C(C)(N)O. The predicted octanol–water partition coefficient (Wildman–Crippen LogP) is -2.22. The van der Waals surface area contributed by atoms with E-state index >= 15 is 0 Å². The molecule has 0 aliphatic heterocycles. The van der Waals surface area contributed by atoms with Gasteiger partial charge in [-0.1, -0.05) is 0 Å². The number of hydrogen-bond donors (Lipinski definition) is 5. The molecule has 7 nitrogen and oxygen atoms in total. The molecule has 3 unspecified atom stereocenters. The summed E-state index contributed by atoms with van der Waals surface area (Å²) in [4.78, 5) is 11.5. The molecule has 15 heavy (non-hydrogen) atoms. The molecule has 0 aromatic heterocycles. The smallest absolute Gasteiger partial charge is 0.319 e. The topological polar surface area (TPSA) is 145 Å². The van der Waals surface area contributed by atoms with Crippen LogP contribution in [0, 0.1) is 5.92 Å². The van der Waals surface area contributed by atoms with Crippen LogP contribution in [0.5, 0.6) is 0 Å². The van der Waals surface area contributed by atoms with E-state index in [0.717, 1.165) is 13.8 Å². The van der Waals surface area contributed by atoms with Gasteiger partial charge in [-0.25, -0.2) is 0 Å². The molecule has 0 saturated heterocycles. The van der Waals surface area contributed by atoms with Gasteiger partial charge in [-0.3, -0.25) is 10.5 Å². The molecule has 0 aromatic carbocycles. The van der Waals surface area contributed by atoms with Gasteiger partial charge in [0.25, 0.3) is 0 Å². The summed E-state index contributed by atoms with van der Waals surface area (Å²) in [6, 6.07) is 0. The van der Waals surface area contributed by atoms with Gasteiger partial charge >= 0.3 is 5.97 Å². The van der Waals surface area contributed by atoms with Gasteiger partial charge in [0, 0.05) is 0 Å². The van der Waals surface area contributed by atoms with Crippen LogP contribution in [-0.4, -0.2) is 33.9 Å². The van der Waals surface area contributed by atoms with Crippen molar-refractivity contribution in [2.75, 3.05) is 0 Å². The van der Waals surface area contributed by atoms with E-state index in [-0.39, 0.29) is 0 Å². The summed E-state index contributed by atoms with van der Waals surface area (Å²) < 4.78 is 4.62. The third-order valence-corrected chi connectivity index (χ3v) is 1.71. The molecule has 0 amide bonds. The molecule has 0 heterocycles. The molecule has 0 bridgehead atoms. The van der Waals surface area contributed by atoms with E-state index in [4.69, 9.17) is 17.2 Å². The molecule has 0 saturated carbocycles. The van der Waals surface area contributed by atoms with Gasteiger partial charge in [0.05, 0.1) is 0 Å². The van der Waals surface area contributed by atoms with Gasteiger partial charge in [-0.2, -0.15) is 0 Å². The van der Waals surface area contributed by atoms with Crippen LogP contribution >= 0.6 is 0 Å². The lowest BCUT2D eigenvalue weighted by atomic mass is 9.88. The Hall–Kier alpha value is -0.730. The van der Waals surface area contributed by atoms with E-state index in [2.05, 4.69) is 4.74 Å². The Bertz CT molecular complexity index is 215. The Morgan fingerprint density at radius 3 is 1.80 bits per heavy atom. The van der Waals surface area contributed by atoms with Crippen molar-refractivity contribution in [1.82, 2.24) is 0 Å². The second kappa shape index (κ2) is 4.42. The van der Waals surface area contributed by atoms with E-state index < -0.39 is 29.6 Å². The van der Waals surface area contributed by atoms with Crippen LogP contribution in [0.4, 0.5) is 0 Å². The fraction of sp³-hybridized carbons (Fsp3) is 0.875. The fourth-order valence-corrected chi connectivity index (χ4v) is 1.32. The van der Waals surface area contributed by atoms with Crippen molar-refractivity contribution in [3.63, 3.8) is 0 Å². The third-order valence-electron chi connectivity index (χ3n) is 1.71. The number of carbonyl (C=O) groups excluding carboxylic acids is 1. The maximum Gasteiger partial charge on any atom is 0.319 e. The first-order valence-corrected chi connectivity index (χ1v) is 4.45. The molecular formula is C8H19N3O4. The van der Waals surface area contributed by atoms with Gasteiger partial charge in [-0.05, 0) is 20.8 Å². The van der Waals surface area contributed by atoms with E-state index in [1.54, 1.807) is 0 Å². The first kappa shape index (κ1) is 14.3. The predicted molar refractivity (Wildman–Crippen MR) is 52.9 cm³/mol. The lowest BCUT2D eigenvalue weighted by Gasteiger charge is -2.35. The summed E-state index contributed by atoms with van der Waals surface area (Å²) in [6.07, 6.45) is -0.871. The highest BCUT2D eigenvalue weighted by Gasteiger charge is 2.46. The van der Waals surface area contributed by atoms with E-state index in [1.807, 2.05) is 0 Å². The largest absolute Gasteiger partial charge is 0.447 e. The molecule has 0 aliphatic carbocycles. The van der Waals surface area contributed by atoms with Gasteiger partial charge in [0.2, 0.25) is 0 Å². The molecule has 0 rings (SSSR count). The number of carbonyl (C=O) groups is 1. The minimum absolute atomic E-state index is 0.871. The fourth-order valence-electron chi connectivity index (χ4n) is 1.32. The van der Waals surface area contributed by atoms with Crippen LogP contribution in [0.2, 0.25) is 0 Å². The Morgan fingerprint density at radius 1 is 1.27 bits per heavy atom. The number of esters is 1. The van der Waals surface area contributed by atoms with Gasteiger partial charge < -0.3 is 26.4 Å². The summed E-state index contributed by atoms with van der Waals surface area (Å²) in [6.45, 7) is 3.70. The van der Waals surface area contributed by atoms with Crippen molar-refractivity contribution in [1.29, 1.82) is 0 Å². The van der Waals surface area contributed by atoms with E-state index in [1.165, 1.54) is 6.92 Å². The second-order valence-corrected chi connectivity index (χ2v) is 4.03. The van der Waals surface area contributed by atoms with Gasteiger partial charge in [-0.15, -0.1) is 0 Å². The number of ether oxygens (including phenoxy) is 1. The summed E-state index contributed by atoms with van der Waals surface area (Å²) in [5.41, 5.74) is 11.9.